The maximum atomic E-state index is 12.5. The van der Waals surface area contributed by atoms with Crippen molar-refractivity contribution in [3.63, 3.8) is 0 Å². The summed E-state index contributed by atoms with van der Waals surface area (Å²) < 4.78 is 12.3. The highest BCUT2D eigenvalue weighted by atomic mass is 127. The van der Waals surface area contributed by atoms with Gasteiger partial charge in [-0.05, 0) is 95.6 Å². The number of hydrogen-bond donors (Lipinski definition) is 2. The van der Waals surface area contributed by atoms with Crippen molar-refractivity contribution in [2.75, 3.05) is 19.0 Å². The van der Waals surface area contributed by atoms with Gasteiger partial charge >= 0.3 is 0 Å². The van der Waals surface area contributed by atoms with E-state index in [1.165, 1.54) is 7.11 Å². The summed E-state index contributed by atoms with van der Waals surface area (Å²) in [6.07, 6.45) is 1.72. The molecule has 0 spiro atoms. The minimum atomic E-state index is -0.264. The van der Waals surface area contributed by atoms with Gasteiger partial charge in [-0.3, -0.25) is 4.79 Å². The number of aryl methyl sites for hydroxylation is 2. The number of carbonyl (C=O) groups excluding carboxylic acids is 1. The first-order valence-electron chi connectivity index (χ1n) is 10.8. The zero-order valence-corrected chi connectivity index (χ0v) is 21.6. The molecule has 4 rings (SSSR count). The molecule has 0 atom stereocenters. The first kappa shape index (κ1) is 24.3. The number of benzene rings is 3. The van der Waals surface area contributed by atoms with E-state index < -0.39 is 0 Å². The van der Waals surface area contributed by atoms with Crippen LogP contribution in [0.5, 0.6) is 11.5 Å². The summed E-state index contributed by atoms with van der Waals surface area (Å²) >= 11 is 2.25. The molecule has 0 saturated carbocycles. The summed E-state index contributed by atoms with van der Waals surface area (Å²) in [5.41, 5.74) is 5.56. The third kappa shape index (κ3) is 5.63. The topological polar surface area (TPSA) is 100 Å². The number of H-pyrrole nitrogens is 1. The SMILES string of the molecule is COc1cc(/C=C(\C#N)c2nc3ccccc3[nH]2)ccc1OCC(=O)Nc1c(C)cc(I)cc1C. The molecule has 1 amide bonds. The number of hydrogen-bond acceptors (Lipinski definition) is 5. The number of carbonyl (C=O) groups is 1. The molecule has 35 heavy (non-hydrogen) atoms. The van der Waals surface area contributed by atoms with Crippen molar-refractivity contribution in [1.82, 2.24) is 9.97 Å². The first-order chi connectivity index (χ1) is 16.9. The molecule has 0 radical (unpaired) electrons. The van der Waals surface area contributed by atoms with Crippen LogP contribution < -0.4 is 14.8 Å². The van der Waals surface area contributed by atoms with Gasteiger partial charge in [-0.1, -0.05) is 18.2 Å². The number of halogens is 1. The third-order valence-corrected chi connectivity index (χ3v) is 6.01. The minimum absolute atomic E-state index is 0.168. The lowest BCUT2D eigenvalue weighted by atomic mass is 10.1. The Morgan fingerprint density at radius 2 is 1.89 bits per heavy atom. The highest BCUT2D eigenvalue weighted by molar-refractivity contribution is 14.1. The van der Waals surface area contributed by atoms with E-state index in [-0.39, 0.29) is 12.5 Å². The van der Waals surface area contributed by atoms with Gasteiger partial charge in [0.2, 0.25) is 0 Å². The number of allylic oxidation sites excluding steroid dienone is 1. The van der Waals surface area contributed by atoms with E-state index in [1.54, 1.807) is 24.3 Å². The molecule has 0 saturated heterocycles. The molecule has 176 valence electrons. The van der Waals surface area contributed by atoms with Crippen molar-refractivity contribution in [2.24, 2.45) is 0 Å². The third-order valence-electron chi connectivity index (χ3n) is 5.38. The second-order valence-corrected chi connectivity index (χ2v) is 9.18. The van der Waals surface area contributed by atoms with Crippen molar-refractivity contribution in [3.05, 3.63) is 80.7 Å². The standard InChI is InChI=1S/C27H23IN4O3/c1-16-10-20(28)11-17(2)26(16)32-25(33)15-35-23-9-8-18(13-24(23)34-3)12-19(14-29)27-30-21-6-4-5-7-22(21)31-27/h4-13H,15H2,1-3H3,(H,30,31)(H,32,33)/b19-12+. The van der Waals surface area contributed by atoms with E-state index in [4.69, 9.17) is 9.47 Å². The Hall–Kier alpha value is -3.84. The Bertz CT molecular complexity index is 1430. The molecular weight excluding hydrogens is 555 g/mol. The summed E-state index contributed by atoms with van der Waals surface area (Å²) in [5.74, 6) is 1.11. The van der Waals surface area contributed by atoms with Crippen molar-refractivity contribution < 1.29 is 14.3 Å². The number of anilines is 1. The van der Waals surface area contributed by atoms with E-state index in [9.17, 15) is 10.1 Å². The quantitative estimate of drug-likeness (QED) is 0.211. The van der Waals surface area contributed by atoms with Crippen LogP contribution in [0.1, 0.15) is 22.5 Å². The number of nitrogens with one attached hydrogen (secondary N) is 2. The molecule has 1 heterocycles. The average Bonchev–Trinajstić information content (AvgIpc) is 3.27. The Balaban J connectivity index is 1.49. The number of imidazole rings is 1. The van der Waals surface area contributed by atoms with Crippen LogP contribution >= 0.6 is 22.6 Å². The lowest BCUT2D eigenvalue weighted by molar-refractivity contribution is -0.118. The summed E-state index contributed by atoms with van der Waals surface area (Å²) in [5, 5.41) is 12.6. The highest BCUT2D eigenvalue weighted by Crippen LogP contribution is 2.30. The fraction of sp³-hybridized carbons (Fsp3) is 0.148. The van der Waals surface area contributed by atoms with Crippen LogP contribution in [0.3, 0.4) is 0 Å². The Labute approximate surface area is 216 Å². The Kier molecular flexibility index (Phi) is 7.36. The molecular formula is C27H23IN4O3. The lowest BCUT2D eigenvalue weighted by Gasteiger charge is -2.14. The van der Waals surface area contributed by atoms with E-state index in [2.05, 4.69) is 43.9 Å². The zero-order chi connectivity index (χ0) is 24.9. The normalized spacial score (nSPS) is 11.2. The number of rotatable bonds is 7. The molecule has 2 N–H and O–H groups in total. The van der Waals surface area contributed by atoms with Crippen LogP contribution in [0.2, 0.25) is 0 Å². The molecule has 0 fully saturated rings. The van der Waals surface area contributed by atoms with Gasteiger partial charge in [-0.25, -0.2) is 4.98 Å². The molecule has 0 bridgehead atoms. The fourth-order valence-corrected chi connectivity index (χ4v) is 4.65. The van der Waals surface area contributed by atoms with Gasteiger partial charge in [-0.15, -0.1) is 0 Å². The summed E-state index contributed by atoms with van der Waals surface area (Å²) in [6.45, 7) is 3.75. The fourth-order valence-electron chi connectivity index (χ4n) is 3.72. The monoisotopic (exact) mass is 578 g/mol. The molecule has 4 aromatic rings. The molecule has 0 aliphatic carbocycles. The lowest BCUT2D eigenvalue weighted by Crippen LogP contribution is -2.21. The maximum absolute atomic E-state index is 12.5. The number of fused-ring (bicyclic) bond motifs is 1. The van der Waals surface area contributed by atoms with Crippen molar-refractivity contribution in [3.8, 4) is 17.6 Å². The van der Waals surface area contributed by atoms with Gasteiger partial charge < -0.3 is 19.8 Å². The number of amides is 1. The molecule has 3 aromatic carbocycles. The van der Waals surface area contributed by atoms with Gasteiger partial charge in [0.15, 0.2) is 18.1 Å². The Morgan fingerprint density at radius 3 is 2.57 bits per heavy atom. The Morgan fingerprint density at radius 1 is 1.14 bits per heavy atom. The smallest absolute Gasteiger partial charge is 0.262 e. The van der Waals surface area contributed by atoms with Gasteiger partial charge in [0.25, 0.3) is 5.91 Å². The number of nitriles is 1. The van der Waals surface area contributed by atoms with E-state index in [0.29, 0.717) is 22.9 Å². The van der Waals surface area contributed by atoms with Crippen LogP contribution in [0.25, 0.3) is 22.7 Å². The number of aromatic amines is 1. The first-order valence-corrected chi connectivity index (χ1v) is 11.9. The predicted octanol–water partition coefficient (Wildman–Crippen LogP) is 5.87. The van der Waals surface area contributed by atoms with Crippen molar-refractivity contribution in [2.45, 2.75) is 13.8 Å². The number of ether oxygens (including phenoxy) is 2. The average molecular weight is 578 g/mol. The molecule has 0 aliphatic heterocycles. The second kappa shape index (κ2) is 10.6. The number of aromatic nitrogens is 2. The van der Waals surface area contributed by atoms with Crippen LogP contribution in [0.4, 0.5) is 5.69 Å². The van der Waals surface area contributed by atoms with Crippen LogP contribution in [0.15, 0.2) is 54.6 Å². The van der Waals surface area contributed by atoms with Crippen molar-refractivity contribution in [1.29, 1.82) is 5.26 Å². The summed E-state index contributed by atoms with van der Waals surface area (Å²) in [4.78, 5) is 20.2. The molecule has 0 aliphatic rings. The van der Waals surface area contributed by atoms with E-state index in [1.807, 2.05) is 50.2 Å². The van der Waals surface area contributed by atoms with Gasteiger partial charge in [0.1, 0.15) is 11.9 Å². The zero-order valence-electron chi connectivity index (χ0n) is 19.5. The van der Waals surface area contributed by atoms with E-state index >= 15 is 0 Å². The molecule has 8 heteroatoms. The largest absolute Gasteiger partial charge is 0.493 e. The second-order valence-electron chi connectivity index (χ2n) is 7.93. The van der Waals surface area contributed by atoms with Crippen LogP contribution in [0, 0.1) is 28.7 Å². The van der Waals surface area contributed by atoms with Gasteiger partial charge in [0.05, 0.1) is 23.7 Å². The number of nitrogens with zero attached hydrogens (tertiary/aromatic N) is 2. The highest BCUT2D eigenvalue weighted by Gasteiger charge is 2.13. The minimum Gasteiger partial charge on any atom is -0.493 e. The predicted molar refractivity (Wildman–Crippen MR) is 145 cm³/mol. The number of methoxy groups -OCH3 is 1. The molecule has 7 nitrogen and oxygen atoms in total. The van der Waals surface area contributed by atoms with Gasteiger partial charge in [0, 0.05) is 9.26 Å². The summed E-state index contributed by atoms with van der Waals surface area (Å²) in [7, 11) is 1.53. The van der Waals surface area contributed by atoms with Gasteiger partial charge in [-0.2, -0.15) is 5.26 Å². The molecule has 1 aromatic heterocycles. The van der Waals surface area contributed by atoms with E-state index in [0.717, 1.165) is 37.0 Å². The maximum Gasteiger partial charge on any atom is 0.262 e. The summed E-state index contributed by atoms with van der Waals surface area (Å²) in [6, 6.07) is 19.1. The number of para-hydroxylation sites is 2. The van der Waals surface area contributed by atoms with Crippen molar-refractivity contribution >= 4 is 56.9 Å². The molecule has 0 unspecified atom stereocenters. The van der Waals surface area contributed by atoms with Crippen LogP contribution in [-0.2, 0) is 4.79 Å². The van der Waals surface area contributed by atoms with Crippen LogP contribution in [-0.4, -0.2) is 29.6 Å².